The molecule has 2 N–H and O–H groups in total. The van der Waals surface area contributed by atoms with E-state index in [0.29, 0.717) is 23.8 Å². The Bertz CT molecular complexity index is 545. The molecule has 5 nitrogen and oxygen atoms in total. The molecule has 1 saturated heterocycles. The van der Waals surface area contributed by atoms with Crippen molar-refractivity contribution in [3.63, 3.8) is 0 Å². The van der Waals surface area contributed by atoms with Gasteiger partial charge in [0.25, 0.3) is 0 Å². The van der Waals surface area contributed by atoms with Crippen LogP contribution >= 0.6 is 27.5 Å². The maximum Gasteiger partial charge on any atom is 0.319 e. The van der Waals surface area contributed by atoms with Gasteiger partial charge < -0.3 is 15.5 Å². The number of hydrogen-bond donors (Lipinski definition) is 2. The zero-order chi connectivity index (χ0) is 15.4. The summed E-state index contributed by atoms with van der Waals surface area (Å²) in [4.78, 5) is 25.0. The molecule has 1 aromatic carbocycles. The first-order valence-electron chi connectivity index (χ1n) is 6.74. The van der Waals surface area contributed by atoms with Gasteiger partial charge in [-0.05, 0) is 31.0 Å². The zero-order valence-corrected chi connectivity index (χ0v) is 14.0. The van der Waals surface area contributed by atoms with Gasteiger partial charge in [-0.15, -0.1) is 0 Å². The van der Waals surface area contributed by atoms with Crippen LogP contribution in [-0.2, 0) is 4.79 Å². The second-order valence-corrected chi connectivity index (χ2v) is 6.33. The van der Waals surface area contributed by atoms with Crippen molar-refractivity contribution < 1.29 is 9.59 Å². The highest BCUT2D eigenvalue weighted by molar-refractivity contribution is 9.10. The number of carbonyl (C=O) groups is 2. The van der Waals surface area contributed by atoms with E-state index in [1.54, 1.807) is 24.0 Å². The Kier molecular flexibility index (Phi) is 5.47. The molecule has 1 heterocycles. The number of hydrogen-bond acceptors (Lipinski definition) is 2. The molecule has 0 radical (unpaired) electrons. The maximum absolute atomic E-state index is 12.0. The summed E-state index contributed by atoms with van der Waals surface area (Å²) in [6.07, 6.45) is 1.53. The van der Waals surface area contributed by atoms with Crippen LogP contribution in [0, 0.1) is 0 Å². The van der Waals surface area contributed by atoms with Gasteiger partial charge in [-0.3, -0.25) is 4.79 Å². The lowest BCUT2D eigenvalue weighted by atomic mass is 10.1. The summed E-state index contributed by atoms with van der Waals surface area (Å²) in [5, 5.41) is 6.12. The van der Waals surface area contributed by atoms with E-state index in [4.69, 9.17) is 11.6 Å². The van der Waals surface area contributed by atoms with Crippen molar-refractivity contribution >= 4 is 45.2 Å². The molecule has 7 heteroatoms. The SMILES string of the molecule is CC(=O)N1CCC(NC(=O)Nc2ccc(Br)cc2Cl)CC1. The van der Waals surface area contributed by atoms with Crippen LogP contribution in [0.2, 0.25) is 5.02 Å². The third-order valence-corrected chi connectivity index (χ3v) is 4.26. The summed E-state index contributed by atoms with van der Waals surface area (Å²) < 4.78 is 0.857. The molecular formula is C14H17BrClN3O2. The summed E-state index contributed by atoms with van der Waals surface area (Å²) in [7, 11) is 0. The average Bonchev–Trinajstić information content (AvgIpc) is 2.42. The largest absolute Gasteiger partial charge is 0.343 e. The number of benzene rings is 1. The molecule has 0 spiro atoms. The van der Waals surface area contributed by atoms with Crippen molar-refractivity contribution in [3.8, 4) is 0 Å². The number of amides is 3. The van der Waals surface area contributed by atoms with Crippen molar-refractivity contribution in [2.24, 2.45) is 0 Å². The smallest absolute Gasteiger partial charge is 0.319 e. The minimum atomic E-state index is -0.277. The number of urea groups is 1. The molecule has 0 atom stereocenters. The minimum Gasteiger partial charge on any atom is -0.343 e. The minimum absolute atomic E-state index is 0.0785. The number of anilines is 1. The Morgan fingerprint density at radius 1 is 1.33 bits per heavy atom. The van der Waals surface area contributed by atoms with Gasteiger partial charge in [-0.1, -0.05) is 27.5 Å². The second-order valence-electron chi connectivity index (χ2n) is 5.00. The first kappa shape index (κ1) is 16.1. The molecule has 21 heavy (non-hydrogen) atoms. The van der Waals surface area contributed by atoms with Gasteiger partial charge >= 0.3 is 6.03 Å². The summed E-state index contributed by atoms with van der Waals surface area (Å²) in [5.74, 6) is 0.0829. The van der Waals surface area contributed by atoms with E-state index in [9.17, 15) is 9.59 Å². The fourth-order valence-corrected chi connectivity index (χ4v) is 2.99. The van der Waals surface area contributed by atoms with Crippen LogP contribution in [0.4, 0.5) is 10.5 Å². The van der Waals surface area contributed by atoms with E-state index in [0.717, 1.165) is 17.3 Å². The number of piperidine rings is 1. The van der Waals surface area contributed by atoms with Crippen LogP contribution in [0.1, 0.15) is 19.8 Å². The molecule has 1 aliphatic rings. The third kappa shape index (κ3) is 4.61. The third-order valence-electron chi connectivity index (χ3n) is 3.45. The first-order valence-corrected chi connectivity index (χ1v) is 7.91. The highest BCUT2D eigenvalue weighted by Crippen LogP contribution is 2.25. The molecule has 0 aromatic heterocycles. The highest BCUT2D eigenvalue weighted by atomic mass is 79.9. The molecular weight excluding hydrogens is 358 g/mol. The number of nitrogens with one attached hydrogen (secondary N) is 2. The van der Waals surface area contributed by atoms with Gasteiger partial charge in [-0.25, -0.2) is 4.79 Å². The quantitative estimate of drug-likeness (QED) is 0.835. The molecule has 0 bridgehead atoms. The summed E-state index contributed by atoms with van der Waals surface area (Å²) in [6.45, 7) is 2.93. The topological polar surface area (TPSA) is 61.4 Å². The number of carbonyl (C=O) groups excluding carboxylic acids is 2. The van der Waals surface area contributed by atoms with Gasteiger partial charge in [0.15, 0.2) is 0 Å². The van der Waals surface area contributed by atoms with E-state index >= 15 is 0 Å². The standard InChI is InChI=1S/C14H17BrClN3O2/c1-9(20)19-6-4-11(5-7-19)17-14(21)18-13-3-2-10(15)8-12(13)16/h2-3,8,11H,4-7H2,1H3,(H2,17,18,21). The van der Waals surface area contributed by atoms with Crippen molar-refractivity contribution in [2.45, 2.75) is 25.8 Å². The lowest BCUT2D eigenvalue weighted by Crippen LogP contribution is -2.47. The molecule has 0 saturated carbocycles. The predicted molar refractivity (Wildman–Crippen MR) is 86.6 cm³/mol. The molecule has 2 rings (SSSR count). The van der Waals surface area contributed by atoms with Gasteiger partial charge in [0.1, 0.15) is 0 Å². The van der Waals surface area contributed by atoms with E-state index in [2.05, 4.69) is 26.6 Å². The molecule has 114 valence electrons. The molecule has 0 unspecified atom stereocenters. The van der Waals surface area contributed by atoms with E-state index in [1.807, 2.05) is 6.07 Å². The Hall–Kier alpha value is -1.27. The van der Waals surface area contributed by atoms with E-state index < -0.39 is 0 Å². The molecule has 1 fully saturated rings. The maximum atomic E-state index is 12.0. The van der Waals surface area contributed by atoms with Crippen molar-refractivity contribution in [3.05, 3.63) is 27.7 Å². The lowest BCUT2D eigenvalue weighted by molar-refractivity contribution is -0.129. The normalized spacial score (nSPS) is 15.7. The van der Waals surface area contributed by atoms with Gasteiger partial charge in [0.05, 0.1) is 10.7 Å². The summed E-state index contributed by atoms with van der Waals surface area (Å²) in [6, 6.07) is 5.08. The number of halogens is 2. The van der Waals surface area contributed by atoms with Crippen LogP contribution in [0.25, 0.3) is 0 Å². The lowest BCUT2D eigenvalue weighted by Gasteiger charge is -2.31. The fraction of sp³-hybridized carbons (Fsp3) is 0.429. The predicted octanol–water partition coefficient (Wildman–Crippen LogP) is 3.23. The van der Waals surface area contributed by atoms with E-state index in [-0.39, 0.29) is 18.0 Å². The highest BCUT2D eigenvalue weighted by Gasteiger charge is 2.22. The molecule has 3 amide bonds. The second kappa shape index (κ2) is 7.13. The molecule has 1 aliphatic heterocycles. The Morgan fingerprint density at radius 2 is 2.00 bits per heavy atom. The number of rotatable bonds is 2. The van der Waals surface area contributed by atoms with Crippen molar-refractivity contribution in [1.29, 1.82) is 0 Å². The van der Waals surface area contributed by atoms with E-state index in [1.165, 1.54) is 0 Å². The van der Waals surface area contributed by atoms with Crippen LogP contribution in [0.5, 0.6) is 0 Å². The Morgan fingerprint density at radius 3 is 2.57 bits per heavy atom. The summed E-state index contributed by atoms with van der Waals surface area (Å²) in [5.41, 5.74) is 0.568. The number of nitrogens with zero attached hydrogens (tertiary/aromatic N) is 1. The zero-order valence-electron chi connectivity index (χ0n) is 11.7. The van der Waals surface area contributed by atoms with Crippen molar-refractivity contribution in [1.82, 2.24) is 10.2 Å². The molecule has 1 aromatic rings. The summed E-state index contributed by atoms with van der Waals surface area (Å²) >= 11 is 9.37. The van der Waals surface area contributed by atoms with Gasteiger partial charge in [-0.2, -0.15) is 0 Å². The van der Waals surface area contributed by atoms with Gasteiger partial charge in [0, 0.05) is 30.5 Å². The fourth-order valence-electron chi connectivity index (χ4n) is 2.27. The Balaban J connectivity index is 1.84. The van der Waals surface area contributed by atoms with Crippen LogP contribution < -0.4 is 10.6 Å². The Labute approximate surface area is 137 Å². The monoisotopic (exact) mass is 373 g/mol. The average molecular weight is 375 g/mol. The molecule has 0 aliphatic carbocycles. The van der Waals surface area contributed by atoms with Crippen LogP contribution in [0.3, 0.4) is 0 Å². The number of likely N-dealkylation sites (tertiary alicyclic amines) is 1. The first-order chi connectivity index (χ1) is 9.95. The van der Waals surface area contributed by atoms with Crippen LogP contribution in [0.15, 0.2) is 22.7 Å². The van der Waals surface area contributed by atoms with Crippen molar-refractivity contribution in [2.75, 3.05) is 18.4 Å². The van der Waals surface area contributed by atoms with Gasteiger partial charge in [0.2, 0.25) is 5.91 Å². The van der Waals surface area contributed by atoms with Crippen LogP contribution in [-0.4, -0.2) is 36.0 Å².